The molecule has 0 aromatic rings. The minimum atomic E-state index is -0.310. The fourth-order valence-electron chi connectivity index (χ4n) is 23.9. The molecule has 12 fully saturated rings. The van der Waals surface area contributed by atoms with E-state index >= 15 is 0 Å². The first-order chi connectivity index (χ1) is 47.4. The van der Waals surface area contributed by atoms with Crippen LogP contribution >= 0.6 is 87.1 Å². The van der Waals surface area contributed by atoms with E-state index < -0.39 is 0 Å². The van der Waals surface area contributed by atoms with E-state index in [2.05, 4.69) is 230 Å². The van der Waals surface area contributed by atoms with Gasteiger partial charge in [-0.2, -0.15) is 0 Å². The van der Waals surface area contributed by atoms with Crippen LogP contribution in [0.25, 0.3) is 0 Å². The quantitative estimate of drug-likeness (QED) is 0.124. The topological polar surface area (TPSA) is 3.24 Å². The van der Waals surface area contributed by atoms with Crippen LogP contribution in [0.1, 0.15) is 341 Å². The summed E-state index contributed by atoms with van der Waals surface area (Å²) in [6.45, 7) is 72.4. The molecule has 0 aromatic heterocycles. The van der Waals surface area contributed by atoms with Crippen LogP contribution < -0.4 is 0 Å². The summed E-state index contributed by atoms with van der Waals surface area (Å²) >= 11 is 0. The van der Waals surface area contributed by atoms with Crippen LogP contribution in [0.4, 0.5) is 0 Å². The van der Waals surface area contributed by atoms with Gasteiger partial charge in [-0.15, -0.1) is 0 Å². The van der Waals surface area contributed by atoms with Crippen molar-refractivity contribution in [3.8, 4) is 0 Å². The van der Waals surface area contributed by atoms with Gasteiger partial charge in [0.25, 0.3) is 0 Å². The second-order valence-electron chi connectivity index (χ2n) is 40.4. The maximum atomic E-state index is 4.61. The summed E-state index contributed by atoms with van der Waals surface area (Å²) in [5.41, 5.74) is 24.4. The SMILES string of the molecule is C=C([PH+]1[C@H](C)CC[C@H]1C)[PH+]1[C@H](C)CC[C@H]1C.C[C@@H]1CC[C@@H](C)[C+]1C[PH+]1[C@H](C)CC[C@H]1C.C[C@@H]1CC[C@@H](C)[PH+]1C(N(C)C)[PH+]1[C@H](C)CC[C@H]1C.C[C@@H]1CC[C@@H](C)[PH+]1C=C([PH+]1[C@H](C)CC[C@H]1C)C(C)(C)C.C[C@@H]1CC[C@@H](C)[PH+]1C=C[PH+]1[C@H](C)CC[C@H]1C.C[C@@H]1CC[C@@H](C)[PH+]1CC[PH+]1[C@H](C)CC[C@H]1C.[Cr].[Cr].[Cr].[Cr].[Cr].[Cr]. The average molecular weight is 1920 g/mol. The molecule has 0 amide bonds. The summed E-state index contributed by atoms with van der Waals surface area (Å²) in [5.74, 6) is 12.2. The Labute approximate surface area is 749 Å². The van der Waals surface area contributed by atoms with Gasteiger partial charge >= 0.3 is 0 Å². The van der Waals surface area contributed by atoms with Gasteiger partial charge in [-0.25, -0.2) is 4.90 Å². The van der Waals surface area contributed by atoms with Gasteiger partial charge in [0.2, 0.25) is 5.52 Å². The molecule has 0 N–H and O–H groups in total. The first-order valence-electron chi connectivity index (χ1n) is 44.6. The van der Waals surface area contributed by atoms with Crippen LogP contribution in [0.5, 0.6) is 0 Å². The monoisotopic (exact) mass is 1920 g/mol. The second-order valence-corrected chi connectivity index (χ2v) is 79.5. The van der Waals surface area contributed by atoms with Gasteiger partial charge in [-0.3, -0.25) is 0 Å². The number of hydrogen-bond donors (Lipinski definition) is 0. The fraction of sp³-hybridized carbons (Fsp3) is 0.921. The molecule has 18 heteroatoms. The largest absolute Gasteiger partial charge is 0.244 e. The Morgan fingerprint density at radius 1 is 0.318 bits per heavy atom. The summed E-state index contributed by atoms with van der Waals surface area (Å²) in [6, 6.07) is 0. The van der Waals surface area contributed by atoms with Gasteiger partial charge in [0, 0.05) is 157 Å². The van der Waals surface area contributed by atoms with Crippen molar-refractivity contribution in [3.63, 3.8) is 0 Å². The molecule has 0 aromatic carbocycles. The first-order valence-corrected chi connectivity index (χ1v) is 63.8. The molecule has 107 heavy (non-hydrogen) atoms. The Morgan fingerprint density at radius 3 is 0.804 bits per heavy atom. The predicted molar refractivity (Wildman–Crippen MR) is 510 cm³/mol. The van der Waals surface area contributed by atoms with Crippen LogP contribution in [-0.2, 0) is 104 Å². The minimum absolute atomic E-state index is 0. The molecule has 12 rings (SSSR count). The van der Waals surface area contributed by atoms with E-state index in [0.29, 0.717) is 5.41 Å². The van der Waals surface area contributed by atoms with E-state index in [1.54, 1.807) is 44.2 Å². The number of hydrogen-bond acceptors (Lipinski definition) is 1. The summed E-state index contributed by atoms with van der Waals surface area (Å²) in [4.78, 5) is 2.65. The zero-order valence-corrected chi connectivity index (χ0v) is 94.0. The molecule has 1 nitrogen and oxygen atoms in total. The molecule has 24 atom stereocenters. The van der Waals surface area contributed by atoms with E-state index in [-0.39, 0.29) is 191 Å². The van der Waals surface area contributed by atoms with Gasteiger partial charge < -0.3 is 0 Å². The van der Waals surface area contributed by atoms with Crippen LogP contribution in [0.2, 0.25) is 0 Å². The molecule has 12 aliphatic rings. The van der Waals surface area contributed by atoms with Crippen molar-refractivity contribution in [2.24, 2.45) is 17.3 Å². The summed E-state index contributed by atoms with van der Waals surface area (Å²) < 4.78 is 0. The van der Waals surface area contributed by atoms with Gasteiger partial charge in [-0.05, 0) is 341 Å². The minimum Gasteiger partial charge on any atom is -0.244 e. The summed E-state index contributed by atoms with van der Waals surface area (Å²) in [7, 11) is 3.00. The van der Waals surface area contributed by atoms with Gasteiger partial charge in [0.1, 0.15) is 23.1 Å². The zero-order chi connectivity index (χ0) is 74.8. The van der Waals surface area contributed by atoms with E-state index in [4.69, 9.17) is 0 Å². The molecule has 11 aliphatic heterocycles. The fourth-order valence-corrected chi connectivity index (χ4v) is 74.1. The molecule has 0 spiro atoms. The molecule has 622 valence electrons. The molecule has 11 saturated heterocycles. The standard InChI is InChI=1S/C18H34P2.C15H31NP2.C14H26P2.C14H28P2.C14H26P2.C14H26P.6Cr/c1-13-8-9-14(2)19(13)12-17(18(5,6)7)20-15(3)10-11-16(20)4;1-11-7-8-12(2)17(11)15(16(5)6)18-13(3)9-10-14(18)4;1-10-6-7-11(2)15(10)14(5)16-12(3)8-9-13(16)4;2*1-11-5-6-12(2)15(11)9-10-16-13(3)7-8-14(16)4;1-10-5-6-11(2)14(10)9-15-12(3)7-8-13(15)4;;;;;;/h12-16H,8-11H2,1-7H3;11-15H,7-10H2,1-6H3;10-13H,5-9H2,1-4H3;11-14H,5-10H2,1-4H3;9-14H,5-8H2,1-4H3;10-13H,5-9H2,1-4H3;;;;;;/q;;;;;+1;;;;;;/p+11/t13-,14-,15-,16-;11-,12-,13-,14-;10-,11-,12-,13-;2*11-,12-,13-,14-;10-,11-,12-,13-;;;;;;/m111111....../s1. The molecule has 1 aliphatic carbocycles. The van der Waals surface area contributed by atoms with Crippen molar-refractivity contribution in [2.45, 2.75) is 471 Å². The maximum Gasteiger partial charge on any atom is 0.218 e. The van der Waals surface area contributed by atoms with Crippen LogP contribution in [-0.4, -0.2) is 168 Å². The van der Waals surface area contributed by atoms with Gasteiger partial charge in [-0.1, -0.05) is 20.8 Å². The summed E-state index contributed by atoms with van der Waals surface area (Å²) in [5, 5.41) is 3.74. The van der Waals surface area contributed by atoms with Crippen LogP contribution in [0.3, 0.4) is 0 Å². The molecule has 0 radical (unpaired) electrons. The molecule has 0 bridgehead atoms. The van der Waals surface area contributed by atoms with E-state index in [0.717, 1.165) is 142 Å². The van der Waals surface area contributed by atoms with E-state index in [9.17, 15) is 0 Å². The Hall–Kier alpha value is 6.97. The van der Waals surface area contributed by atoms with Gasteiger partial charge in [0.05, 0.1) is 194 Å². The van der Waals surface area contributed by atoms with Crippen molar-refractivity contribution in [3.05, 3.63) is 40.3 Å². The van der Waals surface area contributed by atoms with Crippen molar-refractivity contribution in [2.75, 3.05) is 32.6 Å². The smallest absolute Gasteiger partial charge is 0.218 e. The third-order valence-corrected chi connectivity index (χ3v) is 77.1. The Balaban J connectivity index is 0.000000636. The Kier molecular flexibility index (Phi) is 55.8. The van der Waals surface area contributed by atoms with E-state index in [1.165, 1.54) is 128 Å². The van der Waals surface area contributed by atoms with Crippen molar-refractivity contribution in [1.29, 1.82) is 0 Å². The predicted octanol–water partition coefficient (Wildman–Crippen LogP) is 29.9. The molecule has 1 saturated carbocycles. The second kappa shape index (κ2) is 53.3. The average Bonchev–Trinajstić information content (AvgIpc) is 1.68. The third kappa shape index (κ3) is 31.3. The maximum absolute atomic E-state index is 4.61. The summed E-state index contributed by atoms with van der Waals surface area (Å²) in [6.07, 6.45) is 40.9. The van der Waals surface area contributed by atoms with E-state index in [1.807, 2.05) is 16.3 Å². The zero-order valence-electron chi connectivity index (χ0n) is 75.4. The third-order valence-electron chi connectivity index (χ3n) is 31.2. The molecular weight excluding hydrogens is 1740 g/mol. The van der Waals surface area contributed by atoms with Crippen LogP contribution in [0, 0.1) is 23.2 Å². The first kappa shape index (κ1) is 112. The van der Waals surface area contributed by atoms with Crippen molar-refractivity contribution in [1.82, 2.24) is 4.90 Å². The number of rotatable bonds is 14. The Morgan fingerprint density at radius 2 is 0.542 bits per heavy atom. The van der Waals surface area contributed by atoms with Crippen LogP contribution in [0.15, 0.2) is 34.4 Å². The van der Waals surface area contributed by atoms with Crippen molar-refractivity contribution < 1.29 is 104 Å². The number of nitrogens with zero attached hydrogens (tertiary/aromatic N) is 1. The van der Waals surface area contributed by atoms with Crippen molar-refractivity contribution >= 4 is 87.1 Å². The molecule has 0 unspecified atom stereocenters. The Bertz CT molecular complexity index is 2270. The van der Waals surface area contributed by atoms with Gasteiger partial charge in [0.15, 0.2) is 11.2 Å². The number of allylic oxidation sites excluding steroid dienone is 1. The molecular formula is C89H182Cr6NP11+12. The normalized spacial score (nSPS) is 38.6. The molecule has 11 heterocycles.